The Hall–Kier alpha value is -2.08. The van der Waals surface area contributed by atoms with E-state index in [1.165, 1.54) is 26.4 Å². The number of hydrogen-bond donors (Lipinski definition) is 0. The van der Waals surface area contributed by atoms with Crippen molar-refractivity contribution in [3.8, 4) is 17.6 Å². The molecule has 1 aromatic carbocycles. The quantitative estimate of drug-likeness (QED) is 0.587. The maximum atomic E-state index is 11.4. The SMILES string of the molecule is COc1cc(C(C#N)N2CCN(C)CC2)c([N+](=O)[O-])cc1OC.Cl. The summed E-state index contributed by atoms with van der Waals surface area (Å²) in [5, 5.41) is 21.0. The lowest BCUT2D eigenvalue weighted by atomic mass is 10.0. The van der Waals surface area contributed by atoms with Crippen LogP contribution in [0.15, 0.2) is 12.1 Å². The molecule has 1 aliphatic heterocycles. The molecule has 0 N–H and O–H groups in total. The summed E-state index contributed by atoms with van der Waals surface area (Å²) in [6, 6.07) is 4.35. The van der Waals surface area contributed by atoms with Crippen molar-refractivity contribution >= 4 is 18.1 Å². The van der Waals surface area contributed by atoms with Crippen LogP contribution >= 0.6 is 12.4 Å². The smallest absolute Gasteiger partial charge is 0.279 e. The van der Waals surface area contributed by atoms with Crippen LogP contribution in [0.3, 0.4) is 0 Å². The third kappa shape index (κ3) is 4.06. The van der Waals surface area contributed by atoms with E-state index in [9.17, 15) is 15.4 Å². The van der Waals surface area contributed by atoms with E-state index >= 15 is 0 Å². The first-order valence-electron chi connectivity index (χ1n) is 7.24. The van der Waals surface area contributed by atoms with Gasteiger partial charge in [0.2, 0.25) is 0 Å². The van der Waals surface area contributed by atoms with Crippen molar-refractivity contribution in [2.24, 2.45) is 0 Å². The Morgan fingerprint density at radius 1 is 1.21 bits per heavy atom. The Bertz CT molecular complexity index is 627. The monoisotopic (exact) mass is 356 g/mol. The summed E-state index contributed by atoms with van der Waals surface area (Å²) in [5.74, 6) is 0.653. The molecule has 0 saturated carbocycles. The van der Waals surface area contributed by atoms with E-state index in [-0.39, 0.29) is 23.8 Å². The molecular weight excluding hydrogens is 336 g/mol. The molecule has 132 valence electrons. The number of ether oxygens (including phenoxy) is 2. The van der Waals surface area contributed by atoms with E-state index in [1.807, 2.05) is 11.9 Å². The lowest BCUT2D eigenvalue weighted by Gasteiger charge is -2.35. The first-order valence-corrected chi connectivity index (χ1v) is 7.24. The number of nitro groups is 1. The number of piperazine rings is 1. The molecule has 1 saturated heterocycles. The van der Waals surface area contributed by atoms with Gasteiger partial charge in [-0.15, -0.1) is 12.4 Å². The van der Waals surface area contributed by atoms with Gasteiger partial charge in [-0.3, -0.25) is 15.0 Å². The number of halogens is 1. The molecule has 0 bridgehead atoms. The molecule has 1 fully saturated rings. The van der Waals surface area contributed by atoms with Crippen molar-refractivity contribution in [3.05, 3.63) is 27.8 Å². The van der Waals surface area contributed by atoms with Crippen LogP contribution in [-0.4, -0.2) is 62.2 Å². The van der Waals surface area contributed by atoms with Gasteiger partial charge in [-0.05, 0) is 13.1 Å². The van der Waals surface area contributed by atoms with E-state index in [1.54, 1.807) is 0 Å². The zero-order valence-electron chi connectivity index (χ0n) is 13.9. The molecule has 0 amide bonds. The number of nitrogens with zero attached hydrogens (tertiary/aromatic N) is 4. The summed E-state index contributed by atoms with van der Waals surface area (Å²) in [5.41, 5.74) is 0.202. The third-order valence-corrected chi connectivity index (χ3v) is 4.05. The number of benzene rings is 1. The first-order chi connectivity index (χ1) is 11.0. The second-order valence-corrected chi connectivity index (χ2v) is 5.39. The number of rotatable bonds is 5. The Morgan fingerprint density at radius 3 is 2.21 bits per heavy atom. The average Bonchev–Trinajstić information content (AvgIpc) is 2.56. The molecule has 1 unspecified atom stereocenters. The van der Waals surface area contributed by atoms with Crippen LogP contribution in [0.25, 0.3) is 0 Å². The zero-order chi connectivity index (χ0) is 17.0. The maximum absolute atomic E-state index is 11.4. The standard InChI is InChI=1S/C15H20N4O4.ClH/c1-17-4-6-18(7-5-17)13(10-16)11-8-14(22-2)15(23-3)9-12(11)19(20)21;/h8-9,13H,4-7H2,1-3H3;1H. The van der Waals surface area contributed by atoms with Crippen molar-refractivity contribution in [3.63, 3.8) is 0 Å². The molecule has 8 nitrogen and oxygen atoms in total. The highest BCUT2D eigenvalue weighted by atomic mass is 35.5. The maximum Gasteiger partial charge on any atom is 0.279 e. The van der Waals surface area contributed by atoms with E-state index in [0.29, 0.717) is 24.4 Å². The second kappa shape index (κ2) is 8.68. The van der Waals surface area contributed by atoms with Crippen LogP contribution in [0.4, 0.5) is 5.69 Å². The van der Waals surface area contributed by atoms with E-state index in [4.69, 9.17) is 9.47 Å². The van der Waals surface area contributed by atoms with Crippen molar-refractivity contribution < 1.29 is 14.4 Å². The summed E-state index contributed by atoms with van der Waals surface area (Å²) >= 11 is 0. The van der Waals surface area contributed by atoms with Gasteiger partial charge in [0.05, 0.1) is 36.8 Å². The van der Waals surface area contributed by atoms with Gasteiger partial charge in [0.15, 0.2) is 11.5 Å². The van der Waals surface area contributed by atoms with Crippen molar-refractivity contribution in [2.45, 2.75) is 6.04 Å². The molecular formula is C15H21ClN4O4. The van der Waals surface area contributed by atoms with Crippen LogP contribution in [-0.2, 0) is 0 Å². The highest BCUT2D eigenvalue weighted by Gasteiger charge is 2.31. The van der Waals surface area contributed by atoms with Crippen LogP contribution in [0, 0.1) is 21.4 Å². The molecule has 1 aliphatic rings. The Kier molecular flexibility index (Phi) is 7.22. The van der Waals surface area contributed by atoms with E-state index < -0.39 is 11.0 Å². The van der Waals surface area contributed by atoms with Crippen LogP contribution in [0.2, 0.25) is 0 Å². The lowest BCUT2D eigenvalue weighted by Crippen LogP contribution is -2.45. The van der Waals surface area contributed by atoms with Crippen molar-refractivity contribution in [1.29, 1.82) is 5.26 Å². The predicted octanol–water partition coefficient (Wildman–Crippen LogP) is 1.85. The lowest BCUT2D eigenvalue weighted by molar-refractivity contribution is -0.385. The molecule has 0 aromatic heterocycles. The van der Waals surface area contributed by atoms with Crippen LogP contribution < -0.4 is 9.47 Å². The largest absolute Gasteiger partial charge is 0.493 e. The van der Waals surface area contributed by atoms with Crippen molar-refractivity contribution in [1.82, 2.24) is 9.80 Å². The first kappa shape index (κ1) is 20.0. The van der Waals surface area contributed by atoms with Gasteiger partial charge in [-0.2, -0.15) is 5.26 Å². The fourth-order valence-corrected chi connectivity index (χ4v) is 2.69. The average molecular weight is 357 g/mol. The van der Waals surface area contributed by atoms with Crippen molar-refractivity contribution in [2.75, 3.05) is 47.4 Å². The number of likely N-dealkylation sites (N-methyl/N-ethyl adjacent to an activating group) is 1. The minimum absolute atomic E-state index is 0. The number of hydrogen-bond acceptors (Lipinski definition) is 7. The molecule has 9 heteroatoms. The molecule has 1 heterocycles. The minimum atomic E-state index is -0.691. The summed E-state index contributed by atoms with van der Waals surface area (Å²) in [7, 11) is 4.89. The van der Waals surface area contributed by atoms with Gasteiger partial charge in [0.1, 0.15) is 6.04 Å². The van der Waals surface area contributed by atoms with Gasteiger partial charge in [-0.1, -0.05) is 0 Å². The van der Waals surface area contributed by atoms with Crippen LogP contribution in [0.1, 0.15) is 11.6 Å². The number of nitriles is 1. The van der Waals surface area contributed by atoms with Gasteiger partial charge >= 0.3 is 0 Å². The van der Waals surface area contributed by atoms with Gasteiger partial charge in [0, 0.05) is 26.2 Å². The predicted molar refractivity (Wildman–Crippen MR) is 90.9 cm³/mol. The zero-order valence-corrected chi connectivity index (χ0v) is 14.7. The molecule has 24 heavy (non-hydrogen) atoms. The fourth-order valence-electron chi connectivity index (χ4n) is 2.69. The molecule has 1 aromatic rings. The summed E-state index contributed by atoms with van der Waals surface area (Å²) in [6.45, 7) is 3.00. The number of methoxy groups -OCH3 is 2. The highest BCUT2D eigenvalue weighted by molar-refractivity contribution is 5.85. The van der Waals surface area contributed by atoms with E-state index in [0.717, 1.165) is 13.1 Å². The normalized spacial score (nSPS) is 16.6. The summed E-state index contributed by atoms with van der Waals surface area (Å²) < 4.78 is 10.3. The third-order valence-electron chi connectivity index (χ3n) is 4.05. The van der Waals surface area contributed by atoms with Gasteiger partial charge in [-0.25, -0.2) is 0 Å². The topological polar surface area (TPSA) is 91.9 Å². The molecule has 0 aliphatic carbocycles. The highest BCUT2D eigenvalue weighted by Crippen LogP contribution is 2.39. The number of nitro benzene ring substituents is 1. The molecule has 1 atom stereocenters. The van der Waals surface area contributed by atoms with Gasteiger partial charge in [0.25, 0.3) is 5.69 Å². The minimum Gasteiger partial charge on any atom is -0.493 e. The molecule has 0 radical (unpaired) electrons. The van der Waals surface area contributed by atoms with Crippen LogP contribution in [0.5, 0.6) is 11.5 Å². The molecule has 0 spiro atoms. The Labute approximate surface area is 147 Å². The second-order valence-electron chi connectivity index (χ2n) is 5.39. The molecule has 2 rings (SSSR count). The summed E-state index contributed by atoms with van der Waals surface area (Å²) in [4.78, 5) is 15.0. The van der Waals surface area contributed by atoms with E-state index in [2.05, 4.69) is 11.0 Å². The Morgan fingerprint density at radius 2 is 1.75 bits per heavy atom. The Balaban J connectivity index is 0.00000288. The van der Waals surface area contributed by atoms with Gasteiger partial charge < -0.3 is 14.4 Å². The summed E-state index contributed by atoms with van der Waals surface area (Å²) in [6.07, 6.45) is 0. The fraction of sp³-hybridized carbons (Fsp3) is 0.533.